The number of rotatable bonds is 2. The molecule has 0 bridgehead atoms. The van der Waals surface area contributed by atoms with Crippen molar-refractivity contribution in [2.75, 3.05) is 0 Å². The van der Waals surface area contributed by atoms with Crippen LogP contribution in [0, 0.1) is 20.8 Å². The van der Waals surface area contributed by atoms with E-state index < -0.39 is 5.97 Å². The van der Waals surface area contributed by atoms with Crippen LogP contribution >= 0.6 is 0 Å². The van der Waals surface area contributed by atoms with Crippen molar-refractivity contribution >= 4 is 5.97 Å². The van der Waals surface area contributed by atoms with Gasteiger partial charge in [-0.1, -0.05) is 18.2 Å². The van der Waals surface area contributed by atoms with Crippen LogP contribution in [0.1, 0.15) is 27.3 Å². The van der Waals surface area contributed by atoms with Crippen LogP contribution < -0.4 is 0 Å². The number of hydrogen-bond donors (Lipinski definition) is 1. The van der Waals surface area contributed by atoms with E-state index in [0.29, 0.717) is 5.69 Å². The van der Waals surface area contributed by atoms with Crippen LogP contribution in [-0.2, 0) is 0 Å². The fourth-order valence-corrected chi connectivity index (χ4v) is 2.03. The molecule has 1 N–H and O–H groups in total. The first-order valence-electron chi connectivity index (χ1n) is 5.36. The lowest BCUT2D eigenvalue weighted by molar-refractivity contribution is 0.0690. The highest BCUT2D eigenvalue weighted by Crippen LogP contribution is 2.21. The number of nitrogens with zero attached hydrogens (tertiary/aromatic N) is 2. The molecule has 0 saturated carbocycles. The summed E-state index contributed by atoms with van der Waals surface area (Å²) < 4.78 is 1.83. The molecule has 0 aliphatic heterocycles. The van der Waals surface area contributed by atoms with Gasteiger partial charge in [-0.3, -0.25) is 0 Å². The summed E-state index contributed by atoms with van der Waals surface area (Å²) >= 11 is 0. The summed E-state index contributed by atoms with van der Waals surface area (Å²) in [7, 11) is 0. The highest BCUT2D eigenvalue weighted by atomic mass is 16.4. The van der Waals surface area contributed by atoms with Crippen LogP contribution in [0.3, 0.4) is 0 Å². The number of aryl methyl sites for hydroxylation is 2. The maximum Gasteiger partial charge on any atom is 0.356 e. The smallest absolute Gasteiger partial charge is 0.356 e. The molecule has 0 fully saturated rings. The molecule has 0 aliphatic rings. The fraction of sp³-hybridized carbons (Fsp3) is 0.231. The third kappa shape index (κ3) is 1.82. The predicted molar refractivity (Wildman–Crippen MR) is 64.7 cm³/mol. The fourth-order valence-electron chi connectivity index (χ4n) is 2.03. The van der Waals surface area contributed by atoms with E-state index in [1.165, 1.54) is 0 Å². The first-order chi connectivity index (χ1) is 8.02. The number of carbonyl (C=O) groups is 1. The number of aromatic nitrogens is 2. The molecule has 1 aromatic carbocycles. The maximum atomic E-state index is 11.0. The first-order valence-corrected chi connectivity index (χ1v) is 5.36. The Balaban J connectivity index is 2.66. The van der Waals surface area contributed by atoms with E-state index in [2.05, 4.69) is 4.98 Å². The van der Waals surface area contributed by atoms with Crippen LogP contribution in [0.5, 0.6) is 0 Å². The van der Waals surface area contributed by atoms with Gasteiger partial charge >= 0.3 is 5.97 Å². The summed E-state index contributed by atoms with van der Waals surface area (Å²) in [5.74, 6) is -0.993. The summed E-state index contributed by atoms with van der Waals surface area (Å²) in [4.78, 5) is 14.9. The van der Waals surface area contributed by atoms with E-state index in [4.69, 9.17) is 5.11 Å². The summed E-state index contributed by atoms with van der Waals surface area (Å²) in [6.07, 6.45) is 1.56. The number of hydrogen-bond acceptors (Lipinski definition) is 2. The van der Waals surface area contributed by atoms with E-state index >= 15 is 0 Å². The standard InChI is InChI=1S/C13H14N2O2/c1-8-5-4-6-9(2)12(8)15-7-14-11(10(15)3)13(16)17/h4-7H,1-3H3,(H,16,17). The van der Waals surface area contributed by atoms with Gasteiger partial charge in [0.2, 0.25) is 0 Å². The molecule has 4 heteroatoms. The van der Waals surface area contributed by atoms with Gasteiger partial charge in [0.1, 0.15) is 6.33 Å². The minimum atomic E-state index is -0.993. The lowest BCUT2D eigenvalue weighted by Gasteiger charge is -2.12. The Kier molecular flexibility index (Phi) is 2.71. The third-order valence-electron chi connectivity index (χ3n) is 2.89. The highest BCUT2D eigenvalue weighted by Gasteiger charge is 2.15. The Morgan fingerprint density at radius 2 is 1.82 bits per heavy atom. The summed E-state index contributed by atoms with van der Waals surface area (Å²) in [6, 6.07) is 5.99. The lowest BCUT2D eigenvalue weighted by Crippen LogP contribution is -2.04. The molecule has 88 valence electrons. The Labute approximate surface area is 99.5 Å². The van der Waals surface area contributed by atoms with E-state index in [1.807, 2.05) is 36.6 Å². The molecule has 1 aromatic heterocycles. The quantitative estimate of drug-likeness (QED) is 0.862. The van der Waals surface area contributed by atoms with E-state index in [9.17, 15) is 4.79 Å². The van der Waals surface area contributed by atoms with Crippen LogP contribution in [0.2, 0.25) is 0 Å². The molecule has 0 spiro atoms. The Bertz CT molecular complexity index is 565. The molecule has 1 heterocycles. The minimum Gasteiger partial charge on any atom is -0.476 e. The predicted octanol–water partition coefficient (Wildman–Crippen LogP) is 2.50. The van der Waals surface area contributed by atoms with Crippen molar-refractivity contribution in [3.63, 3.8) is 0 Å². The van der Waals surface area contributed by atoms with Crippen molar-refractivity contribution < 1.29 is 9.90 Å². The average Bonchev–Trinajstić information content (AvgIpc) is 2.61. The lowest BCUT2D eigenvalue weighted by atomic mass is 10.1. The molecule has 0 amide bonds. The van der Waals surface area contributed by atoms with Gasteiger partial charge < -0.3 is 9.67 Å². The van der Waals surface area contributed by atoms with Gasteiger partial charge in [0, 0.05) is 0 Å². The van der Waals surface area contributed by atoms with Crippen molar-refractivity contribution in [1.82, 2.24) is 9.55 Å². The van der Waals surface area contributed by atoms with Crippen LogP contribution in [-0.4, -0.2) is 20.6 Å². The van der Waals surface area contributed by atoms with Crippen LogP contribution in [0.15, 0.2) is 24.5 Å². The van der Waals surface area contributed by atoms with Crippen LogP contribution in [0.4, 0.5) is 0 Å². The zero-order valence-electron chi connectivity index (χ0n) is 10.1. The van der Waals surface area contributed by atoms with E-state index in [0.717, 1.165) is 16.8 Å². The Hall–Kier alpha value is -2.10. The molecule has 0 aliphatic carbocycles. The number of benzene rings is 1. The monoisotopic (exact) mass is 230 g/mol. The van der Waals surface area contributed by atoms with E-state index in [1.54, 1.807) is 13.3 Å². The summed E-state index contributed by atoms with van der Waals surface area (Å²) in [5, 5.41) is 8.99. The maximum absolute atomic E-state index is 11.0. The normalized spacial score (nSPS) is 10.5. The van der Waals surface area contributed by atoms with Crippen molar-refractivity contribution in [2.45, 2.75) is 20.8 Å². The summed E-state index contributed by atoms with van der Waals surface area (Å²) in [5.41, 5.74) is 3.96. The van der Waals surface area contributed by atoms with Crippen molar-refractivity contribution in [2.24, 2.45) is 0 Å². The number of carboxylic acids is 1. The van der Waals surface area contributed by atoms with Crippen molar-refractivity contribution in [3.8, 4) is 5.69 Å². The van der Waals surface area contributed by atoms with Gasteiger partial charge in [0.05, 0.1) is 11.4 Å². The van der Waals surface area contributed by atoms with Crippen LogP contribution in [0.25, 0.3) is 5.69 Å². The van der Waals surface area contributed by atoms with Crippen molar-refractivity contribution in [3.05, 3.63) is 47.0 Å². The SMILES string of the molecule is Cc1cccc(C)c1-n1cnc(C(=O)O)c1C. The second kappa shape index (κ2) is 4.05. The van der Waals surface area contributed by atoms with Gasteiger partial charge in [-0.2, -0.15) is 0 Å². The molecule has 0 atom stereocenters. The molecule has 2 aromatic rings. The number of carboxylic acid groups (broad SMARTS) is 1. The number of imidazole rings is 1. The zero-order chi connectivity index (χ0) is 12.6. The second-order valence-corrected chi connectivity index (χ2v) is 4.09. The van der Waals surface area contributed by atoms with Crippen molar-refractivity contribution in [1.29, 1.82) is 0 Å². The molecule has 0 radical (unpaired) electrons. The second-order valence-electron chi connectivity index (χ2n) is 4.09. The number of para-hydroxylation sites is 1. The molecule has 0 unspecified atom stereocenters. The zero-order valence-corrected chi connectivity index (χ0v) is 10.1. The average molecular weight is 230 g/mol. The molecule has 4 nitrogen and oxygen atoms in total. The largest absolute Gasteiger partial charge is 0.476 e. The molecule has 17 heavy (non-hydrogen) atoms. The highest BCUT2D eigenvalue weighted by molar-refractivity contribution is 5.86. The van der Waals surface area contributed by atoms with Gasteiger partial charge in [0.25, 0.3) is 0 Å². The molecule has 0 saturated heterocycles. The van der Waals surface area contributed by atoms with Gasteiger partial charge in [-0.05, 0) is 31.9 Å². The molecular weight excluding hydrogens is 216 g/mol. The minimum absolute atomic E-state index is 0.104. The Morgan fingerprint density at radius 1 is 1.24 bits per heavy atom. The van der Waals surface area contributed by atoms with Gasteiger partial charge in [-0.25, -0.2) is 9.78 Å². The molecule has 2 rings (SSSR count). The Morgan fingerprint density at radius 3 is 2.29 bits per heavy atom. The first kappa shape index (κ1) is 11.4. The molecular formula is C13H14N2O2. The third-order valence-corrected chi connectivity index (χ3v) is 2.89. The van der Waals surface area contributed by atoms with Gasteiger partial charge in [-0.15, -0.1) is 0 Å². The summed E-state index contributed by atoms with van der Waals surface area (Å²) in [6.45, 7) is 5.77. The number of aromatic carboxylic acids is 1. The topological polar surface area (TPSA) is 55.1 Å². The van der Waals surface area contributed by atoms with Gasteiger partial charge in [0.15, 0.2) is 5.69 Å². The van der Waals surface area contributed by atoms with E-state index in [-0.39, 0.29) is 5.69 Å².